The van der Waals surface area contributed by atoms with E-state index in [0.29, 0.717) is 38.4 Å². The van der Waals surface area contributed by atoms with Gasteiger partial charge in [0.15, 0.2) is 12.4 Å². The number of carbonyl (C=O) groups is 3. The van der Waals surface area contributed by atoms with Crippen molar-refractivity contribution in [3.8, 4) is 0 Å². The second-order valence-electron chi connectivity index (χ2n) is 7.25. The van der Waals surface area contributed by atoms with E-state index in [1.807, 2.05) is 6.07 Å². The summed E-state index contributed by atoms with van der Waals surface area (Å²) in [6.45, 7) is 2.73. The molecule has 4 aromatic rings. The van der Waals surface area contributed by atoms with Gasteiger partial charge in [0.1, 0.15) is 15.5 Å². The normalized spacial score (nSPS) is 10.7. The van der Waals surface area contributed by atoms with Crippen LogP contribution in [0, 0.1) is 13.8 Å². The van der Waals surface area contributed by atoms with Crippen LogP contribution in [0.3, 0.4) is 0 Å². The van der Waals surface area contributed by atoms with Crippen LogP contribution in [-0.2, 0) is 9.53 Å². The molecule has 0 saturated carbocycles. The zero-order valence-corrected chi connectivity index (χ0v) is 18.6. The molecule has 2 aromatic heterocycles. The summed E-state index contributed by atoms with van der Waals surface area (Å²) in [6.07, 6.45) is 0. The molecule has 0 radical (unpaired) electrons. The number of H-pyrrole nitrogens is 1. The Morgan fingerprint density at radius 1 is 1.03 bits per heavy atom. The quantitative estimate of drug-likeness (QED) is 0.334. The predicted octanol–water partition coefficient (Wildman–Crippen LogP) is 3.63. The third-order valence-corrected chi connectivity index (χ3v) is 6.09. The van der Waals surface area contributed by atoms with Crippen molar-refractivity contribution in [2.24, 2.45) is 0 Å². The largest absolute Gasteiger partial charge is 0.451 e. The van der Waals surface area contributed by atoms with Gasteiger partial charge in [0, 0.05) is 11.1 Å². The number of ether oxygens (including phenoxy) is 1. The van der Waals surface area contributed by atoms with E-state index in [9.17, 15) is 19.2 Å². The number of benzene rings is 2. The summed E-state index contributed by atoms with van der Waals surface area (Å²) in [5, 5.41) is 2.95. The van der Waals surface area contributed by atoms with E-state index in [1.165, 1.54) is 0 Å². The monoisotopic (exact) mass is 461 g/mol. The number of hydrogen-bond donors (Lipinski definition) is 2. The van der Waals surface area contributed by atoms with Crippen LogP contribution < -0.4 is 10.9 Å². The summed E-state index contributed by atoms with van der Waals surface area (Å²) in [5.74, 6) is -1.12. The first kappa shape index (κ1) is 22.1. The summed E-state index contributed by atoms with van der Waals surface area (Å²) in [6, 6.07) is 15.3. The standard InChI is InChI=1S/C24H19N3O5S/c1-13-19-22(30)25-14(2)26-23(19)33-21(13)24(31)32-12-18(28)27-17-11-7-6-10-16(17)20(29)15-8-4-3-5-9-15/h3-11H,12H2,1-2H3,(H,27,28)(H,25,26,30). The lowest BCUT2D eigenvalue weighted by Crippen LogP contribution is -2.22. The Balaban J connectivity index is 1.47. The van der Waals surface area contributed by atoms with E-state index >= 15 is 0 Å². The summed E-state index contributed by atoms with van der Waals surface area (Å²) >= 11 is 1.04. The fourth-order valence-electron chi connectivity index (χ4n) is 3.36. The zero-order valence-electron chi connectivity index (χ0n) is 17.8. The number of amides is 1. The SMILES string of the molecule is Cc1nc2sc(C(=O)OCC(=O)Nc3ccccc3C(=O)c3ccccc3)c(C)c2c(=O)[nH]1. The van der Waals surface area contributed by atoms with Crippen molar-refractivity contribution >= 4 is 44.9 Å². The molecule has 0 saturated heterocycles. The van der Waals surface area contributed by atoms with Gasteiger partial charge in [-0.15, -0.1) is 11.3 Å². The van der Waals surface area contributed by atoms with Crippen LogP contribution in [0.2, 0.25) is 0 Å². The molecule has 0 atom stereocenters. The minimum Gasteiger partial charge on any atom is -0.451 e. The highest BCUT2D eigenvalue weighted by Crippen LogP contribution is 2.27. The van der Waals surface area contributed by atoms with E-state index in [2.05, 4.69) is 15.3 Å². The molecule has 0 aliphatic rings. The van der Waals surface area contributed by atoms with Gasteiger partial charge in [0.25, 0.3) is 11.5 Å². The van der Waals surface area contributed by atoms with Crippen molar-refractivity contribution in [2.75, 3.05) is 11.9 Å². The zero-order chi connectivity index (χ0) is 23.5. The lowest BCUT2D eigenvalue weighted by atomic mass is 10.0. The molecular formula is C24H19N3O5S. The van der Waals surface area contributed by atoms with Gasteiger partial charge in [-0.1, -0.05) is 42.5 Å². The Labute approximate surface area is 192 Å². The maximum Gasteiger partial charge on any atom is 0.349 e. The number of aromatic nitrogens is 2. The third-order valence-electron chi connectivity index (χ3n) is 4.92. The number of para-hydroxylation sites is 1. The average Bonchev–Trinajstić information content (AvgIpc) is 3.14. The molecule has 2 aromatic carbocycles. The van der Waals surface area contributed by atoms with Crippen LogP contribution in [0.25, 0.3) is 10.2 Å². The first-order chi connectivity index (χ1) is 15.8. The number of hydrogen-bond acceptors (Lipinski definition) is 7. The average molecular weight is 461 g/mol. The smallest absolute Gasteiger partial charge is 0.349 e. The predicted molar refractivity (Wildman–Crippen MR) is 125 cm³/mol. The van der Waals surface area contributed by atoms with Crippen molar-refractivity contribution < 1.29 is 19.1 Å². The molecule has 0 aliphatic heterocycles. The van der Waals surface area contributed by atoms with Gasteiger partial charge < -0.3 is 15.0 Å². The summed E-state index contributed by atoms with van der Waals surface area (Å²) in [5.41, 5.74) is 1.25. The van der Waals surface area contributed by atoms with Gasteiger partial charge in [0.05, 0.1) is 11.1 Å². The van der Waals surface area contributed by atoms with Crippen molar-refractivity contribution in [2.45, 2.75) is 13.8 Å². The molecule has 33 heavy (non-hydrogen) atoms. The number of anilines is 1. The number of rotatable bonds is 6. The van der Waals surface area contributed by atoms with Gasteiger partial charge in [-0.2, -0.15) is 0 Å². The van der Waals surface area contributed by atoms with Crippen LogP contribution in [0.5, 0.6) is 0 Å². The number of nitrogens with zero attached hydrogens (tertiary/aromatic N) is 1. The van der Waals surface area contributed by atoms with Crippen molar-refractivity contribution in [1.82, 2.24) is 9.97 Å². The van der Waals surface area contributed by atoms with E-state index in [1.54, 1.807) is 62.4 Å². The molecule has 0 unspecified atom stereocenters. The second-order valence-corrected chi connectivity index (χ2v) is 8.25. The first-order valence-electron chi connectivity index (χ1n) is 10.0. The number of aromatic amines is 1. The molecule has 2 N–H and O–H groups in total. The minimum atomic E-state index is -0.726. The Bertz CT molecular complexity index is 1440. The topological polar surface area (TPSA) is 118 Å². The molecule has 0 aliphatic carbocycles. The van der Waals surface area contributed by atoms with Gasteiger partial charge in [-0.05, 0) is 31.5 Å². The number of carbonyl (C=O) groups excluding carboxylic acids is 3. The molecule has 8 nitrogen and oxygen atoms in total. The fourth-order valence-corrected chi connectivity index (χ4v) is 4.49. The first-order valence-corrected chi connectivity index (χ1v) is 10.8. The number of fused-ring (bicyclic) bond motifs is 1. The van der Waals surface area contributed by atoms with Gasteiger partial charge in [0.2, 0.25) is 0 Å². The number of thiophene rings is 1. The van der Waals surface area contributed by atoms with E-state index in [0.717, 1.165) is 11.3 Å². The number of esters is 1. The Kier molecular flexibility index (Phi) is 6.14. The molecule has 0 spiro atoms. The summed E-state index contributed by atoms with van der Waals surface area (Å²) < 4.78 is 5.16. The molecule has 166 valence electrons. The Morgan fingerprint density at radius 3 is 2.48 bits per heavy atom. The molecule has 2 heterocycles. The maximum absolute atomic E-state index is 12.8. The van der Waals surface area contributed by atoms with Crippen LogP contribution >= 0.6 is 11.3 Å². The van der Waals surface area contributed by atoms with Crippen molar-refractivity contribution in [3.05, 3.63) is 92.3 Å². The van der Waals surface area contributed by atoms with Crippen molar-refractivity contribution in [3.63, 3.8) is 0 Å². The number of nitrogens with one attached hydrogen (secondary N) is 2. The van der Waals surface area contributed by atoms with Crippen LogP contribution in [0.1, 0.15) is 37.0 Å². The van der Waals surface area contributed by atoms with E-state index < -0.39 is 18.5 Å². The third kappa shape index (κ3) is 4.58. The Morgan fingerprint density at radius 2 is 1.73 bits per heavy atom. The van der Waals surface area contributed by atoms with Crippen LogP contribution in [0.15, 0.2) is 59.4 Å². The maximum atomic E-state index is 12.8. The fraction of sp³-hybridized carbons (Fsp3) is 0.125. The van der Waals surface area contributed by atoms with E-state index in [-0.39, 0.29) is 16.2 Å². The highest BCUT2D eigenvalue weighted by Gasteiger charge is 2.21. The molecule has 1 amide bonds. The molecule has 0 fully saturated rings. The van der Waals surface area contributed by atoms with Gasteiger partial charge in [-0.3, -0.25) is 14.4 Å². The highest BCUT2D eigenvalue weighted by atomic mass is 32.1. The second kappa shape index (κ2) is 9.17. The summed E-state index contributed by atoms with van der Waals surface area (Å²) in [7, 11) is 0. The molecule has 0 bridgehead atoms. The number of ketones is 1. The van der Waals surface area contributed by atoms with Gasteiger partial charge >= 0.3 is 5.97 Å². The van der Waals surface area contributed by atoms with Crippen LogP contribution in [0.4, 0.5) is 5.69 Å². The van der Waals surface area contributed by atoms with Crippen molar-refractivity contribution in [1.29, 1.82) is 0 Å². The molecular weight excluding hydrogens is 442 g/mol. The van der Waals surface area contributed by atoms with Crippen LogP contribution in [-0.4, -0.2) is 34.2 Å². The lowest BCUT2D eigenvalue weighted by Gasteiger charge is -2.11. The Hall–Kier alpha value is -4.11. The minimum absolute atomic E-state index is 0.209. The molecule has 9 heteroatoms. The summed E-state index contributed by atoms with van der Waals surface area (Å²) in [4.78, 5) is 57.5. The van der Waals surface area contributed by atoms with E-state index in [4.69, 9.17) is 4.74 Å². The highest BCUT2D eigenvalue weighted by molar-refractivity contribution is 7.20. The lowest BCUT2D eigenvalue weighted by molar-refractivity contribution is -0.119. The van der Waals surface area contributed by atoms with Gasteiger partial charge in [-0.25, -0.2) is 9.78 Å². The number of aryl methyl sites for hydroxylation is 2. The molecule has 4 rings (SSSR count).